The van der Waals surface area contributed by atoms with E-state index in [4.69, 9.17) is 4.74 Å². The highest BCUT2D eigenvalue weighted by Gasteiger charge is 2.26. The summed E-state index contributed by atoms with van der Waals surface area (Å²) in [6.07, 6.45) is 0. The van der Waals surface area contributed by atoms with Gasteiger partial charge in [0.15, 0.2) is 0 Å². The highest BCUT2D eigenvalue weighted by molar-refractivity contribution is 5.96. The molecular weight excluding hydrogens is 308 g/mol. The molecule has 1 aliphatic rings. The first kappa shape index (κ1) is 18.1. The maximum atomic E-state index is 12.1. The molecule has 1 aromatic rings. The molecular formula is C17H26N4O3. The third-order valence-electron chi connectivity index (χ3n) is 4.25. The zero-order valence-corrected chi connectivity index (χ0v) is 14.5. The topological polar surface area (TPSA) is 73.9 Å². The van der Waals surface area contributed by atoms with Crippen LogP contribution in [0.15, 0.2) is 24.3 Å². The fraction of sp³-hybridized carbons (Fsp3) is 0.529. The molecule has 1 heterocycles. The minimum Gasteiger partial charge on any atom is -0.497 e. The molecule has 1 aliphatic heterocycles. The lowest BCUT2D eigenvalue weighted by molar-refractivity contribution is -0.124. The lowest BCUT2D eigenvalue weighted by Gasteiger charge is -2.38. The molecule has 2 rings (SSSR count). The summed E-state index contributed by atoms with van der Waals surface area (Å²) >= 11 is 0. The molecule has 0 radical (unpaired) electrons. The fourth-order valence-electron chi connectivity index (χ4n) is 2.75. The number of benzene rings is 1. The first-order valence-electron chi connectivity index (χ1n) is 8.27. The maximum absolute atomic E-state index is 12.1. The van der Waals surface area contributed by atoms with Crippen LogP contribution in [0.25, 0.3) is 0 Å². The Morgan fingerprint density at radius 2 is 1.79 bits per heavy atom. The van der Waals surface area contributed by atoms with E-state index in [9.17, 15) is 9.59 Å². The van der Waals surface area contributed by atoms with Crippen LogP contribution in [0, 0.1) is 0 Å². The van der Waals surface area contributed by atoms with Crippen LogP contribution in [0.1, 0.15) is 13.8 Å². The number of nitrogens with zero attached hydrogens (tertiary/aromatic N) is 2. The highest BCUT2D eigenvalue weighted by Crippen LogP contribution is 2.21. The SMILES string of the molecule is CCNC(=O)NC(=O)C(C)N1CCN(c2ccc(OC)cc2)CC1. The number of nitrogens with one attached hydrogen (secondary N) is 2. The van der Waals surface area contributed by atoms with Crippen LogP contribution in [0.5, 0.6) is 5.75 Å². The largest absolute Gasteiger partial charge is 0.497 e. The molecule has 2 N–H and O–H groups in total. The van der Waals surface area contributed by atoms with Crippen molar-refractivity contribution in [1.29, 1.82) is 0 Å². The average molecular weight is 334 g/mol. The van der Waals surface area contributed by atoms with Gasteiger partial charge in [-0.05, 0) is 38.1 Å². The van der Waals surface area contributed by atoms with Gasteiger partial charge < -0.3 is 15.0 Å². The normalized spacial score (nSPS) is 16.4. The van der Waals surface area contributed by atoms with Crippen molar-refractivity contribution in [3.05, 3.63) is 24.3 Å². The summed E-state index contributed by atoms with van der Waals surface area (Å²) in [5.74, 6) is 0.576. The number of urea groups is 1. The lowest BCUT2D eigenvalue weighted by Crippen LogP contribution is -2.55. The number of anilines is 1. The molecule has 3 amide bonds. The van der Waals surface area contributed by atoms with Crippen LogP contribution in [0.4, 0.5) is 10.5 Å². The molecule has 1 atom stereocenters. The zero-order chi connectivity index (χ0) is 17.5. The molecule has 1 unspecified atom stereocenters. The van der Waals surface area contributed by atoms with Gasteiger partial charge in [0.05, 0.1) is 13.2 Å². The van der Waals surface area contributed by atoms with Gasteiger partial charge in [-0.25, -0.2) is 4.79 Å². The summed E-state index contributed by atoms with van der Waals surface area (Å²) in [5.41, 5.74) is 1.15. The molecule has 1 aromatic carbocycles. The number of carbonyl (C=O) groups excluding carboxylic acids is 2. The van der Waals surface area contributed by atoms with E-state index in [1.54, 1.807) is 7.11 Å². The number of hydrogen-bond acceptors (Lipinski definition) is 5. The molecule has 7 nitrogen and oxygen atoms in total. The Balaban J connectivity index is 1.84. The van der Waals surface area contributed by atoms with Gasteiger partial charge in [-0.2, -0.15) is 0 Å². The molecule has 0 aromatic heterocycles. The third-order valence-corrected chi connectivity index (χ3v) is 4.25. The van der Waals surface area contributed by atoms with Crippen molar-refractivity contribution in [2.24, 2.45) is 0 Å². The van der Waals surface area contributed by atoms with Crippen molar-refractivity contribution < 1.29 is 14.3 Å². The average Bonchev–Trinajstić information content (AvgIpc) is 2.61. The summed E-state index contributed by atoms with van der Waals surface area (Å²) in [6.45, 7) is 7.36. The number of piperazine rings is 1. The minimum atomic E-state index is -0.439. The van der Waals surface area contributed by atoms with Gasteiger partial charge in [0.1, 0.15) is 5.75 Å². The zero-order valence-electron chi connectivity index (χ0n) is 14.5. The van der Waals surface area contributed by atoms with Gasteiger partial charge in [-0.3, -0.25) is 15.0 Å². The minimum absolute atomic E-state index is 0.265. The van der Waals surface area contributed by atoms with E-state index in [1.807, 2.05) is 38.1 Å². The van der Waals surface area contributed by atoms with E-state index < -0.39 is 6.03 Å². The van der Waals surface area contributed by atoms with Crippen LogP contribution in [0.3, 0.4) is 0 Å². The summed E-state index contributed by atoms with van der Waals surface area (Å²) in [6, 6.07) is 7.21. The van der Waals surface area contributed by atoms with Crippen molar-refractivity contribution in [3.8, 4) is 5.75 Å². The Morgan fingerprint density at radius 3 is 2.33 bits per heavy atom. The molecule has 132 valence electrons. The predicted octanol–water partition coefficient (Wildman–Crippen LogP) is 1.05. The maximum Gasteiger partial charge on any atom is 0.321 e. The van der Waals surface area contributed by atoms with E-state index >= 15 is 0 Å². The lowest BCUT2D eigenvalue weighted by atomic mass is 10.2. The van der Waals surface area contributed by atoms with Crippen LogP contribution < -0.4 is 20.3 Å². The highest BCUT2D eigenvalue weighted by atomic mass is 16.5. The molecule has 0 spiro atoms. The number of rotatable bonds is 5. The summed E-state index contributed by atoms with van der Waals surface area (Å²) in [5, 5.41) is 4.94. The van der Waals surface area contributed by atoms with E-state index in [-0.39, 0.29) is 11.9 Å². The molecule has 1 saturated heterocycles. The van der Waals surface area contributed by atoms with Gasteiger partial charge in [0.25, 0.3) is 0 Å². The van der Waals surface area contributed by atoms with Crippen LogP contribution in [-0.4, -0.2) is 62.7 Å². The number of ether oxygens (including phenoxy) is 1. The standard InChI is InChI=1S/C17H26N4O3/c1-4-18-17(23)19-16(22)13(2)20-9-11-21(12-10-20)14-5-7-15(24-3)8-6-14/h5-8,13H,4,9-12H2,1-3H3,(H2,18,19,22,23). The van der Waals surface area contributed by atoms with Gasteiger partial charge in [-0.15, -0.1) is 0 Å². The molecule has 7 heteroatoms. The van der Waals surface area contributed by atoms with Crippen molar-refractivity contribution in [2.75, 3.05) is 44.7 Å². The van der Waals surface area contributed by atoms with E-state index in [2.05, 4.69) is 20.4 Å². The van der Waals surface area contributed by atoms with Gasteiger partial charge >= 0.3 is 6.03 Å². The first-order chi connectivity index (χ1) is 11.5. The number of carbonyl (C=O) groups is 2. The number of imide groups is 1. The van der Waals surface area contributed by atoms with Gasteiger partial charge in [0, 0.05) is 38.4 Å². The molecule has 24 heavy (non-hydrogen) atoms. The molecule has 0 aliphatic carbocycles. The van der Waals surface area contributed by atoms with Crippen molar-refractivity contribution in [2.45, 2.75) is 19.9 Å². The summed E-state index contributed by atoms with van der Waals surface area (Å²) in [4.78, 5) is 27.9. The second-order valence-corrected chi connectivity index (χ2v) is 5.75. The van der Waals surface area contributed by atoms with Crippen molar-refractivity contribution in [1.82, 2.24) is 15.5 Å². The fourth-order valence-corrected chi connectivity index (χ4v) is 2.75. The Bertz CT molecular complexity index is 553. The molecule has 0 saturated carbocycles. The Hall–Kier alpha value is -2.28. The number of methoxy groups -OCH3 is 1. The van der Waals surface area contributed by atoms with E-state index in [0.717, 1.165) is 37.6 Å². The van der Waals surface area contributed by atoms with Crippen molar-refractivity contribution in [3.63, 3.8) is 0 Å². The van der Waals surface area contributed by atoms with E-state index in [0.29, 0.717) is 6.54 Å². The molecule has 0 bridgehead atoms. The van der Waals surface area contributed by atoms with Crippen LogP contribution in [0.2, 0.25) is 0 Å². The van der Waals surface area contributed by atoms with Gasteiger partial charge in [-0.1, -0.05) is 0 Å². The summed E-state index contributed by atoms with van der Waals surface area (Å²) in [7, 11) is 1.65. The first-order valence-corrected chi connectivity index (χ1v) is 8.27. The van der Waals surface area contributed by atoms with Crippen molar-refractivity contribution >= 4 is 17.6 Å². The van der Waals surface area contributed by atoms with Crippen LogP contribution >= 0.6 is 0 Å². The quantitative estimate of drug-likeness (QED) is 0.842. The Kier molecular flexibility index (Phi) is 6.43. The monoisotopic (exact) mass is 334 g/mol. The third kappa shape index (κ3) is 4.61. The number of hydrogen-bond donors (Lipinski definition) is 2. The Labute approximate surface area is 142 Å². The Morgan fingerprint density at radius 1 is 1.17 bits per heavy atom. The second-order valence-electron chi connectivity index (χ2n) is 5.75. The van der Waals surface area contributed by atoms with E-state index in [1.165, 1.54) is 0 Å². The predicted molar refractivity (Wildman–Crippen MR) is 93.5 cm³/mol. The van der Waals surface area contributed by atoms with Crippen LogP contribution in [-0.2, 0) is 4.79 Å². The smallest absolute Gasteiger partial charge is 0.321 e. The summed E-state index contributed by atoms with van der Waals surface area (Å²) < 4.78 is 5.18. The molecule has 1 fully saturated rings. The number of amides is 3. The second kappa shape index (κ2) is 8.54. The van der Waals surface area contributed by atoms with Gasteiger partial charge in [0.2, 0.25) is 5.91 Å².